The Hall–Kier alpha value is -3.96. The fourth-order valence-corrected chi connectivity index (χ4v) is 6.84. The normalized spacial score (nSPS) is 14.3. The van der Waals surface area contributed by atoms with Crippen LogP contribution in [0.15, 0.2) is 72.8 Å². The summed E-state index contributed by atoms with van der Waals surface area (Å²) in [5.74, 6) is -1.16. The van der Waals surface area contributed by atoms with Crippen molar-refractivity contribution in [2.24, 2.45) is 5.73 Å². The monoisotopic (exact) mass is 598 g/mol. The van der Waals surface area contributed by atoms with Gasteiger partial charge >= 0.3 is 7.60 Å². The highest BCUT2D eigenvalue weighted by Gasteiger charge is 2.33. The molecule has 3 aromatic rings. The van der Waals surface area contributed by atoms with Gasteiger partial charge in [-0.2, -0.15) is 0 Å². The van der Waals surface area contributed by atoms with Crippen LogP contribution in [0, 0.1) is 0 Å². The highest BCUT2D eigenvalue weighted by Crippen LogP contribution is 2.48. The molecule has 1 aliphatic heterocycles. The van der Waals surface area contributed by atoms with Crippen molar-refractivity contribution >= 4 is 63.1 Å². The topological polar surface area (TPSA) is 157 Å². The molecule has 0 aromatic heterocycles. The zero-order chi connectivity index (χ0) is 29.8. The molecule has 0 radical (unpaired) electrons. The number of fused-ring (bicyclic) bond motifs is 1. The molecule has 1 aliphatic rings. The lowest BCUT2D eigenvalue weighted by molar-refractivity contribution is -0.116. The van der Waals surface area contributed by atoms with Gasteiger partial charge in [0.25, 0.3) is 5.91 Å². The number of hydrogen-bond acceptors (Lipinski definition) is 8. The Bertz CT molecular complexity index is 1630. The summed E-state index contributed by atoms with van der Waals surface area (Å²) < 4.78 is 49.9. The number of sulfonamides is 1. The summed E-state index contributed by atoms with van der Waals surface area (Å²) in [5.41, 5.74) is 8.56. The minimum absolute atomic E-state index is 0.178. The van der Waals surface area contributed by atoms with Crippen LogP contribution >= 0.6 is 7.60 Å². The Balaban J connectivity index is 1.82. The first-order valence-electron chi connectivity index (χ1n) is 12.7. The zero-order valence-electron chi connectivity index (χ0n) is 22.8. The second-order valence-corrected chi connectivity index (χ2v) is 13.0. The van der Waals surface area contributed by atoms with Crippen LogP contribution in [0.2, 0.25) is 0 Å². The maximum Gasteiger partial charge on any atom is 0.361 e. The van der Waals surface area contributed by atoms with Gasteiger partial charge in [-0.3, -0.25) is 18.5 Å². The van der Waals surface area contributed by atoms with Crippen molar-refractivity contribution in [3.8, 4) is 0 Å². The highest BCUT2D eigenvalue weighted by molar-refractivity contribution is 7.92. The first-order chi connectivity index (χ1) is 19.5. The summed E-state index contributed by atoms with van der Waals surface area (Å²) in [7, 11) is -7.39. The van der Waals surface area contributed by atoms with Gasteiger partial charge in [-0.25, -0.2) is 8.42 Å². The Morgan fingerprint density at radius 1 is 1.00 bits per heavy atom. The number of nitrogens with two attached hydrogens (primary N) is 1. The second kappa shape index (κ2) is 12.3. The SMILES string of the molecule is CCOP(=O)(OCC)c1ccc2c(c1)C(=C(Nc1ccc(N(CC(N)=O)S(C)(=O)=O)cc1)c1ccccc1)C(=O)N2. The second-order valence-electron chi connectivity index (χ2n) is 9.04. The minimum atomic E-state index is -3.76. The van der Waals surface area contributed by atoms with Crippen molar-refractivity contribution in [1.29, 1.82) is 0 Å². The van der Waals surface area contributed by atoms with Crippen molar-refractivity contribution in [1.82, 2.24) is 0 Å². The maximum atomic E-state index is 13.5. The average molecular weight is 599 g/mol. The molecule has 0 aliphatic carbocycles. The molecule has 4 N–H and O–H groups in total. The van der Waals surface area contributed by atoms with E-state index in [1.165, 1.54) is 12.1 Å². The summed E-state index contributed by atoms with van der Waals surface area (Å²) in [6.45, 7) is 3.30. The van der Waals surface area contributed by atoms with Crippen LogP contribution in [-0.2, 0) is 33.2 Å². The lowest BCUT2D eigenvalue weighted by Gasteiger charge is -2.21. The molecule has 4 rings (SSSR count). The van der Waals surface area contributed by atoms with E-state index in [0.29, 0.717) is 39.1 Å². The van der Waals surface area contributed by atoms with Crippen molar-refractivity contribution in [2.75, 3.05) is 41.0 Å². The van der Waals surface area contributed by atoms with Gasteiger partial charge in [-0.1, -0.05) is 30.3 Å². The zero-order valence-corrected chi connectivity index (χ0v) is 24.5. The Morgan fingerprint density at radius 2 is 1.63 bits per heavy atom. The predicted octanol–water partition coefficient (Wildman–Crippen LogP) is 3.76. The van der Waals surface area contributed by atoms with Crippen LogP contribution < -0.4 is 26.0 Å². The first-order valence-corrected chi connectivity index (χ1v) is 16.1. The lowest BCUT2D eigenvalue weighted by Crippen LogP contribution is -2.37. The van der Waals surface area contributed by atoms with E-state index in [1.807, 2.05) is 30.3 Å². The van der Waals surface area contributed by atoms with Crippen molar-refractivity contribution in [2.45, 2.75) is 13.8 Å². The van der Waals surface area contributed by atoms with Gasteiger partial charge < -0.3 is 25.4 Å². The van der Waals surface area contributed by atoms with Crippen LogP contribution in [0.1, 0.15) is 25.0 Å². The van der Waals surface area contributed by atoms with E-state index in [1.54, 1.807) is 44.2 Å². The number of anilines is 3. The fourth-order valence-electron chi connectivity index (χ4n) is 4.38. The highest BCUT2D eigenvalue weighted by atomic mass is 32.2. The third kappa shape index (κ3) is 6.68. The molecule has 1 heterocycles. The largest absolute Gasteiger partial charge is 0.368 e. The quantitative estimate of drug-likeness (QED) is 0.210. The molecule has 0 saturated heterocycles. The van der Waals surface area contributed by atoms with E-state index in [0.717, 1.165) is 10.6 Å². The number of primary amides is 1. The Labute approximate surface area is 238 Å². The number of rotatable bonds is 12. The molecule has 0 saturated carbocycles. The van der Waals surface area contributed by atoms with E-state index < -0.39 is 30.1 Å². The molecule has 13 heteroatoms. The predicted molar refractivity (Wildman–Crippen MR) is 160 cm³/mol. The number of nitrogens with zero attached hydrogens (tertiary/aromatic N) is 1. The van der Waals surface area contributed by atoms with Gasteiger partial charge in [0.2, 0.25) is 15.9 Å². The molecule has 2 amide bonds. The molecule has 0 atom stereocenters. The van der Waals surface area contributed by atoms with Crippen LogP contribution in [-0.4, -0.2) is 46.2 Å². The van der Waals surface area contributed by atoms with Crippen molar-refractivity contribution < 1.29 is 31.6 Å². The van der Waals surface area contributed by atoms with Crippen molar-refractivity contribution in [3.63, 3.8) is 0 Å². The molecule has 3 aromatic carbocycles. The summed E-state index contributed by atoms with van der Waals surface area (Å²) in [6.07, 6.45) is 0.987. The minimum Gasteiger partial charge on any atom is -0.368 e. The van der Waals surface area contributed by atoms with Crippen LogP contribution in [0.3, 0.4) is 0 Å². The van der Waals surface area contributed by atoms with E-state index in [-0.39, 0.29) is 24.8 Å². The lowest BCUT2D eigenvalue weighted by atomic mass is 10.00. The van der Waals surface area contributed by atoms with Gasteiger partial charge in [0, 0.05) is 16.9 Å². The van der Waals surface area contributed by atoms with E-state index in [9.17, 15) is 22.6 Å². The Morgan fingerprint density at radius 3 is 2.20 bits per heavy atom. The number of amides is 2. The summed E-state index contributed by atoms with van der Waals surface area (Å²) in [5, 5.41) is 6.47. The average Bonchev–Trinajstić information content (AvgIpc) is 3.25. The van der Waals surface area contributed by atoms with Gasteiger partial charge in [0.1, 0.15) is 6.54 Å². The molecule has 0 bridgehead atoms. The molecule has 0 spiro atoms. The van der Waals surface area contributed by atoms with E-state index in [2.05, 4.69) is 10.6 Å². The van der Waals surface area contributed by atoms with Gasteiger partial charge in [0.05, 0.1) is 41.7 Å². The summed E-state index contributed by atoms with van der Waals surface area (Å²) >= 11 is 0. The smallest absolute Gasteiger partial charge is 0.361 e. The van der Waals surface area contributed by atoms with Gasteiger partial charge in [0.15, 0.2) is 0 Å². The van der Waals surface area contributed by atoms with Crippen LogP contribution in [0.4, 0.5) is 17.1 Å². The number of hydrogen-bond donors (Lipinski definition) is 3. The van der Waals surface area contributed by atoms with Crippen molar-refractivity contribution in [3.05, 3.63) is 83.9 Å². The summed E-state index contributed by atoms with van der Waals surface area (Å²) in [6, 6.07) is 20.4. The molecular weight excluding hydrogens is 567 g/mol. The van der Waals surface area contributed by atoms with Gasteiger partial charge in [-0.05, 0) is 61.9 Å². The van der Waals surface area contributed by atoms with Crippen LogP contribution in [0.25, 0.3) is 11.3 Å². The first kappa shape index (κ1) is 30.0. The maximum absolute atomic E-state index is 13.5. The number of carbonyl (C=O) groups excluding carboxylic acids is 2. The molecule has 0 unspecified atom stereocenters. The number of nitrogens with one attached hydrogen (secondary N) is 2. The number of carbonyl (C=O) groups is 2. The fraction of sp³-hybridized carbons (Fsp3) is 0.214. The third-order valence-corrected chi connectivity index (χ3v) is 9.35. The van der Waals surface area contributed by atoms with Gasteiger partial charge in [-0.15, -0.1) is 0 Å². The third-order valence-electron chi connectivity index (χ3n) is 6.10. The molecule has 0 fully saturated rings. The number of benzene rings is 3. The standard InChI is InChI=1S/C28H31N4O7PS/c1-4-38-40(35,39-5-2)22-15-16-24-23(17-22)26(28(34)31-24)27(19-9-7-6-8-10-19)30-20-11-13-21(14-12-20)32(18-25(29)33)41(3,36)37/h6-17,30H,4-5,18H2,1-3H3,(H2,29,33)(H,31,34). The molecule has 11 nitrogen and oxygen atoms in total. The van der Waals surface area contributed by atoms with Crippen LogP contribution in [0.5, 0.6) is 0 Å². The summed E-state index contributed by atoms with van der Waals surface area (Å²) in [4.78, 5) is 24.8. The molecule has 216 valence electrons. The van der Waals surface area contributed by atoms with E-state index >= 15 is 0 Å². The van der Waals surface area contributed by atoms with E-state index in [4.69, 9.17) is 14.8 Å². The Kier molecular flexibility index (Phi) is 8.98. The molecular formula is C28H31N4O7PS. The molecule has 41 heavy (non-hydrogen) atoms.